The molecule has 0 aromatic heterocycles. The van der Waals surface area contributed by atoms with Crippen molar-refractivity contribution in [2.45, 2.75) is 39.7 Å². The van der Waals surface area contributed by atoms with Gasteiger partial charge in [0.15, 0.2) is 0 Å². The quantitative estimate of drug-likeness (QED) is 0.638. The molecule has 1 aliphatic carbocycles. The van der Waals surface area contributed by atoms with Crippen LogP contribution in [0.4, 0.5) is 0 Å². The largest absolute Gasteiger partial charge is 0.481 e. The molecule has 3 atom stereocenters. The molecule has 1 unspecified atom stereocenters. The zero-order valence-electron chi connectivity index (χ0n) is 10.6. The van der Waals surface area contributed by atoms with E-state index >= 15 is 0 Å². The van der Waals surface area contributed by atoms with Gasteiger partial charge >= 0.3 is 5.97 Å². The lowest BCUT2D eigenvalue weighted by atomic mass is 10.1. The maximum absolute atomic E-state index is 11.9. The molecular formula is C12H21NO4. The Morgan fingerprint density at radius 1 is 1.35 bits per heavy atom. The average Bonchev–Trinajstić information content (AvgIpc) is 2.78. The van der Waals surface area contributed by atoms with Crippen LogP contribution in [0.25, 0.3) is 0 Å². The van der Waals surface area contributed by atoms with E-state index in [2.05, 4.69) is 5.32 Å². The predicted octanol–water partition coefficient (Wildman–Crippen LogP) is 0.620. The first-order chi connectivity index (χ1) is 7.82. The maximum Gasteiger partial charge on any atom is 0.307 e. The molecule has 98 valence electrons. The Hall–Kier alpha value is -1.10. The number of carboxylic acid groups (broad SMARTS) is 1. The third kappa shape index (κ3) is 2.97. The van der Waals surface area contributed by atoms with Crippen LogP contribution in [0.1, 0.15) is 33.6 Å². The Balaban J connectivity index is 2.47. The van der Waals surface area contributed by atoms with E-state index in [-0.39, 0.29) is 18.6 Å². The highest BCUT2D eigenvalue weighted by Gasteiger charge is 2.65. The second-order valence-corrected chi connectivity index (χ2v) is 5.39. The molecule has 1 aliphatic rings. The molecule has 1 saturated carbocycles. The zero-order valence-corrected chi connectivity index (χ0v) is 10.6. The van der Waals surface area contributed by atoms with Crippen molar-refractivity contribution in [2.75, 3.05) is 6.61 Å². The van der Waals surface area contributed by atoms with E-state index in [1.54, 1.807) is 13.8 Å². The molecule has 5 heteroatoms. The highest BCUT2D eigenvalue weighted by atomic mass is 16.4. The number of nitrogens with one attached hydrogen (secondary N) is 1. The van der Waals surface area contributed by atoms with Gasteiger partial charge in [0.1, 0.15) is 0 Å². The van der Waals surface area contributed by atoms with Gasteiger partial charge in [-0.15, -0.1) is 0 Å². The van der Waals surface area contributed by atoms with Crippen LogP contribution in [0.5, 0.6) is 0 Å². The van der Waals surface area contributed by atoms with E-state index in [9.17, 15) is 9.59 Å². The van der Waals surface area contributed by atoms with Gasteiger partial charge in [0.25, 0.3) is 0 Å². The van der Waals surface area contributed by atoms with Crippen LogP contribution in [0.3, 0.4) is 0 Å². The molecular weight excluding hydrogens is 222 g/mol. The fraction of sp³-hybridized carbons (Fsp3) is 0.833. The van der Waals surface area contributed by atoms with Gasteiger partial charge in [-0.05, 0) is 25.2 Å². The summed E-state index contributed by atoms with van der Waals surface area (Å²) in [7, 11) is 0. The SMILES string of the molecule is CC(CCCO)NC(=O)[C@H]1[C@@H](C(=O)O)C1(C)C. The summed E-state index contributed by atoms with van der Waals surface area (Å²) in [6, 6.07) is -0.0273. The van der Waals surface area contributed by atoms with Crippen LogP contribution in [-0.4, -0.2) is 34.7 Å². The number of aliphatic hydroxyl groups is 1. The van der Waals surface area contributed by atoms with E-state index < -0.39 is 23.2 Å². The number of carboxylic acids is 1. The molecule has 0 heterocycles. The van der Waals surface area contributed by atoms with Gasteiger partial charge in [0, 0.05) is 12.6 Å². The molecule has 0 aromatic carbocycles. The van der Waals surface area contributed by atoms with Crippen LogP contribution < -0.4 is 5.32 Å². The summed E-state index contributed by atoms with van der Waals surface area (Å²) >= 11 is 0. The molecule has 0 bridgehead atoms. The Kier molecular flexibility index (Phi) is 4.14. The molecule has 0 radical (unpaired) electrons. The molecule has 0 aromatic rings. The highest BCUT2D eigenvalue weighted by Crippen LogP contribution is 2.58. The molecule has 0 aliphatic heterocycles. The van der Waals surface area contributed by atoms with E-state index in [0.29, 0.717) is 12.8 Å². The Labute approximate surface area is 101 Å². The number of amides is 1. The van der Waals surface area contributed by atoms with Crippen molar-refractivity contribution < 1.29 is 19.8 Å². The van der Waals surface area contributed by atoms with Crippen molar-refractivity contribution in [3.63, 3.8) is 0 Å². The highest BCUT2D eigenvalue weighted by molar-refractivity contribution is 5.91. The van der Waals surface area contributed by atoms with Crippen molar-refractivity contribution in [1.29, 1.82) is 0 Å². The number of hydrogen-bond acceptors (Lipinski definition) is 3. The number of carbonyl (C=O) groups is 2. The summed E-state index contributed by atoms with van der Waals surface area (Å²) in [5, 5.41) is 20.5. The molecule has 1 rings (SSSR count). The normalized spacial score (nSPS) is 27.3. The summed E-state index contributed by atoms with van der Waals surface area (Å²) in [6.07, 6.45) is 1.34. The number of aliphatic hydroxyl groups excluding tert-OH is 1. The van der Waals surface area contributed by atoms with Crippen molar-refractivity contribution in [3.05, 3.63) is 0 Å². The van der Waals surface area contributed by atoms with E-state index in [1.165, 1.54) is 0 Å². The first-order valence-electron chi connectivity index (χ1n) is 5.96. The standard InChI is InChI=1S/C12H21NO4/c1-7(5-4-6-14)13-10(15)8-9(11(16)17)12(8,2)3/h7-9,14H,4-6H2,1-3H3,(H,13,15)(H,16,17)/t7?,8-,9+/m1/s1. The molecule has 0 spiro atoms. The van der Waals surface area contributed by atoms with Crippen molar-refractivity contribution in [3.8, 4) is 0 Å². The minimum absolute atomic E-state index is 0.0273. The van der Waals surface area contributed by atoms with Gasteiger partial charge in [-0.3, -0.25) is 9.59 Å². The lowest BCUT2D eigenvalue weighted by Gasteiger charge is -2.13. The Bertz CT molecular complexity index is 314. The molecule has 0 saturated heterocycles. The third-order valence-corrected chi connectivity index (χ3v) is 3.56. The van der Waals surface area contributed by atoms with Gasteiger partial charge in [0.2, 0.25) is 5.91 Å². The van der Waals surface area contributed by atoms with E-state index in [0.717, 1.165) is 0 Å². The Morgan fingerprint density at radius 2 is 1.94 bits per heavy atom. The van der Waals surface area contributed by atoms with E-state index in [4.69, 9.17) is 10.2 Å². The minimum Gasteiger partial charge on any atom is -0.481 e. The smallest absolute Gasteiger partial charge is 0.307 e. The first kappa shape index (κ1) is 14.0. The number of hydrogen-bond donors (Lipinski definition) is 3. The fourth-order valence-corrected chi connectivity index (χ4v) is 2.39. The monoisotopic (exact) mass is 243 g/mol. The van der Waals surface area contributed by atoms with Crippen molar-refractivity contribution >= 4 is 11.9 Å². The zero-order chi connectivity index (χ0) is 13.2. The lowest BCUT2D eigenvalue weighted by Crippen LogP contribution is -2.35. The topological polar surface area (TPSA) is 86.6 Å². The predicted molar refractivity (Wildman–Crippen MR) is 62.3 cm³/mol. The van der Waals surface area contributed by atoms with Crippen molar-refractivity contribution in [2.24, 2.45) is 17.3 Å². The van der Waals surface area contributed by atoms with Gasteiger partial charge in [-0.2, -0.15) is 0 Å². The van der Waals surface area contributed by atoms with Crippen LogP contribution in [-0.2, 0) is 9.59 Å². The summed E-state index contributed by atoms with van der Waals surface area (Å²) in [5.41, 5.74) is -0.452. The van der Waals surface area contributed by atoms with Gasteiger partial charge in [-0.1, -0.05) is 13.8 Å². The van der Waals surface area contributed by atoms with Crippen LogP contribution in [0.2, 0.25) is 0 Å². The summed E-state index contributed by atoms with van der Waals surface area (Å²) in [5.74, 6) is -2.10. The van der Waals surface area contributed by atoms with Gasteiger partial charge in [-0.25, -0.2) is 0 Å². The molecule has 3 N–H and O–H groups in total. The van der Waals surface area contributed by atoms with E-state index in [1.807, 2.05) is 6.92 Å². The maximum atomic E-state index is 11.9. The number of rotatable bonds is 6. The van der Waals surface area contributed by atoms with Gasteiger partial charge in [0.05, 0.1) is 11.8 Å². The third-order valence-electron chi connectivity index (χ3n) is 3.56. The second-order valence-electron chi connectivity index (χ2n) is 5.39. The molecule has 1 fully saturated rings. The summed E-state index contributed by atoms with van der Waals surface area (Å²) in [4.78, 5) is 22.8. The van der Waals surface area contributed by atoms with Crippen LogP contribution in [0.15, 0.2) is 0 Å². The number of carbonyl (C=O) groups excluding carboxylic acids is 1. The lowest BCUT2D eigenvalue weighted by molar-refractivity contribution is -0.140. The molecule has 5 nitrogen and oxygen atoms in total. The average molecular weight is 243 g/mol. The summed E-state index contributed by atoms with van der Waals surface area (Å²) < 4.78 is 0. The van der Waals surface area contributed by atoms with Gasteiger partial charge < -0.3 is 15.5 Å². The molecule has 17 heavy (non-hydrogen) atoms. The first-order valence-corrected chi connectivity index (χ1v) is 5.96. The van der Waals surface area contributed by atoms with Crippen LogP contribution >= 0.6 is 0 Å². The van der Waals surface area contributed by atoms with Crippen LogP contribution in [0, 0.1) is 17.3 Å². The molecule has 1 amide bonds. The number of aliphatic carboxylic acids is 1. The minimum atomic E-state index is -0.904. The Morgan fingerprint density at radius 3 is 2.35 bits per heavy atom. The summed E-state index contributed by atoms with van der Waals surface area (Å²) in [6.45, 7) is 5.56. The second kappa shape index (κ2) is 5.04. The fourth-order valence-electron chi connectivity index (χ4n) is 2.39. The van der Waals surface area contributed by atoms with Crippen molar-refractivity contribution in [1.82, 2.24) is 5.32 Å².